The Kier molecular flexibility index (Phi) is 5.16. The molecule has 0 atom stereocenters. The zero-order valence-corrected chi connectivity index (χ0v) is 14.3. The molecular formula is C20H24N2O2. The van der Waals surface area contributed by atoms with Crippen LogP contribution in [0.1, 0.15) is 24.2 Å². The van der Waals surface area contributed by atoms with Gasteiger partial charge < -0.3 is 9.64 Å². The third-order valence-corrected chi connectivity index (χ3v) is 4.39. The van der Waals surface area contributed by atoms with Crippen LogP contribution in [0.4, 0.5) is 0 Å². The number of para-hydroxylation sites is 1. The van der Waals surface area contributed by atoms with E-state index in [0.29, 0.717) is 17.4 Å². The van der Waals surface area contributed by atoms with Crippen molar-refractivity contribution in [2.45, 2.75) is 19.9 Å². The molecule has 24 heavy (non-hydrogen) atoms. The standard InChI is InChI=1S/C20H24N2O2/c1-16(2)21-11-13-22(14-12-21)20(23)17-7-6-10-19(15-17)24-18-8-4-3-5-9-18/h3-10,15-16H,11-14H2,1-2H3. The summed E-state index contributed by atoms with van der Waals surface area (Å²) < 4.78 is 5.83. The Morgan fingerprint density at radius 3 is 2.25 bits per heavy atom. The molecule has 1 heterocycles. The molecule has 0 N–H and O–H groups in total. The summed E-state index contributed by atoms with van der Waals surface area (Å²) in [7, 11) is 0. The van der Waals surface area contributed by atoms with Crippen molar-refractivity contribution in [3.8, 4) is 11.5 Å². The second kappa shape index (κ2) is 7.49. The number of rotatable bonds is 4. The summed E-state index contributed by atoms with van der Waals surface area (Å²) in [5.74, 6) is 1.54. The molecule has 1 saturated heterocycles. The van der Waals surface area contributed by atoms with Gasteiger partial charge in [0.25, 0.3) is 5.91 Å². The Morgan fingerprint density at radius 2 is 1.58 bits per heavy atom. The zero-order chi connectivity index (χ0) is 16.9. The second-order valence-electron chi connectivity index (χ2n) is 6.36. The number of amides is 1. The highest BCUT2D eigenvalue weighted by Gasteiger charge is 2.23. The van der Waals surface area contributed by atoms with Crippen molar-refractivity contribution >= 4 is 5.91 Å². The van der Waals surface area contributed by atoms with Crippen LogP contribution in [-0.2, 0) is 0 Å². The predicted molar refractivity (Wildman–Crippen MR) is 95.6 cm³/mol. The van der Waals surface area contributed by atoms with E-state index < -0.39 is 0 Å². The van der Waals surface area contributed by atoms with Gasteiger partial charge in [-0.3, -0.25) is 9.69 Å². The summed E-state index contributed by atoms with van der Waals surface area (Å²) >= 11 is 0. The highest BCUT2D eigenvalue weighted by molar-refractivity contribution is 5.94. The summed E-state index contributed by atoms with van der Waals surface area (Å²) in [6.07, 6.45) is 0. The van der Waals surface area contributed by atoms with Gasteiger partial charge in [-0.1, -0.05) is 24.3 Å². The van der Waals surface area contributed by atoms with Gasteiger partial charge in [0, 0.05) is 37.8 Å². The SMILES string of the molecule is CC(C)N1CCN(C(=O)c2cccc(Oc3ccccc3)c2)CC1. The highest BCUT2D eigenvalue weighted by atomic mass is 16.5. The number of carbonyl (C=O) groups excluding carboxylic acids is 1. The molecule has 0 radical (unpaired) electrons. The van der Waals surface area contributed by atoms with Crippen LogP contribution < -0.4 is 4.74 Å². The van der Waals surface area contributed by atoms with Gasteiger partial charge in [-0.2, -0.15) is 0 Å². The van der Waals surface area contributed by atoms with Gasteiger partial charge in [-0.25, -0.2) is 0 Å². The van der Waals surface area contributed by atoms with Crippen LogP contribution in [-0.4, -0.2) is 47.9 Å². The molecule has 1 fully saturated rings. The van der Waals surface area contributed by atoms with Gasteiger partial charge in [-0.15, -0.1) is 0 Å². The first kappa shape index (κ1) is 16.5. The van der Waals surface area contributed by atoms with E-state index in [1.807, 2.05) is 59.5 Å². The molecule has 4 heteroatoms. The molecule has 2 aromatic rings. The first-order valence-electron chi connectivity index (χ1n) is 8.50. The van der Waals surface area contributed by atoms with Gasteiger partial charge in [0.1, 0.15) is 11.5 Å². The van der Waals surface area contributed by atoms with E-state index in [0.717, 1.165) is 31.9 Å². The third kappa shape index (κ3) is 3.95. The average molecular weight is 324 g/mol. The summed E-state index contributed by atoms with van der Waals surface area (Å²) in [5, 5.41) is 0. The Bertz CT molecular complexity index is 677. The minimum atomic E-state index is 0.0805. The van der Waals surface area contributed by atoms with Crippen molar-refractivity contribution in [2.24, 2.45) is 0 Å². The van der Waals surface area contributed by atoms with E-state index in [9.17, 15) is 4.79 Å². The van der Waals surface area contributed by atoms with Crippen LogP contribution in [0.3, 0.4) is 0 Å². The molecule has 0 saturated carbocycles. The van der Waals surface area contributed by atoms with E-state index in [4.69, 9.17) is 4.74 Å². The maximum atomic E-state index is 12.7. The van der Waals surface area contributed by atoms with Crippen molar-refractivity contribution in [3.63, 3.8) is 0 Å². The lowest BCUT2D eigenvalue weighted by atomic mass is 10.1. The fraction of sp³-hybridized carbons (Fsp3) is 0.350. The number of hydrogen-bond donors (Lipinski definition) is 0. The topological polar surface area (TPSA) is 32.8 Å². The first-order chi connectivity index (χ1) is 11.6. The van der Waals surface area contributed by atoms with Gasteiger partial charge in [0.05, 0.1) is 0 Å². The lowest BCUT2D eigenvalue weighted by Gasteiger charge is -2.37. The molecule has 2 aromatic carbocycles. The lowest BCUT2D eigenvalue weighted by molar-refractivity contribution is 0.0595. The molecule has 0 spiro atoms. The normalized spacial score (nSPS) is 15.5. The number of piperazine rings is 1. The third-order valence-electron chi connectivity index (χ3n) is 4.39. The molecule has 0 aliphatic carbocycles. The summed E-state index contributed by atoms with van der Waals surface area (Å²) in [6, 6.07) is 17.6. The number of ether oxygens (including phenoxy) is 1. The summed E-state index contributed by atoms with van der Waals surface area (Å²) in [4.78, 5) is 17.1. The lowest BCUT2D eigenvalue weighted by Crippen LogP contribution is -2.50. The van der Waals surface area contributed by atoms with Gasteiger partial charge in [0.15, 0.2) is 0 Å². The molecule has 1 amide bonds. The van der Waals surface area contributed by atoms with E-state index in [-0.39, 0.29) is 5.91 Å². The number of hydrogen-bond acceptors (Lipinski definition) is 3. The molecule has 1 aliphatic heterocycles. The van der Waals surface area contributed by atoms with Crippen molar-refractivity contribution < 1.29 is 9.53 Å². The summed E-state index contributed by atoms with van der Waals surface area (Å²) in [6.45, 7) is 7.82. The highest BCUT2D eigenvalue weighted by Crippen LogP contribution is 2.22. The van der Waals surface area contributed by atoms with E-state index in [1.165, 1.54) is 0 Å². The minimum absolute atomic E-state index is 0.0805. The Morgan fingerprint density at radius 1 is 0.917 bits per heavy atom. The number of carbonyl (C=O) groups is 1. The maximum absolute atomic E-state index is 12.7. The van der Waals surface area contributed by atoms with Crippen LogP contribution in [0.2, 0.25) is 0 Å². The van der Waals surface area contributed by atoms with Crippen molar-refractivity contribution in [1.29, 1.82) is 0 Å². The Balaban J connectivity index is 1.66. The number of benzene rings is 2. The average Bonchev–Trinajstić information content (AvgIpc) is 2.62. The quantitative estimate of drug-likeness (QED) is 0.861. The molecular weight excluding hydrogens is 300 g/mol. The zero-order valence-electron chi connectivity index (χ0n) is 14.3. The van der Waals surface area contributed by atoms with Gasteiger partial charge in [-0.05, 0) is 44.2 Å². The fourth-order valence-corrected chi connectivity index (χ4v) is 2.94. The van der Waals surface area contributed by atoms with Gasteiger partial charge >= 0.3 is 0 Å². The fourth-order valence-electron chi connectivity index (χ4n) is 2.94. The van der Waals surface area contributed by atoms with Crippen molar-refractivity contribution in [1.82, 2.24) is 9.80 Å². The molecule has 0 aromatic heterocycles. The predicted octanol–water partition coefficient (Wildman–Crippen LogP) is 3.65. The Hall–Kier alpha value is -2.33. The van der Waals surface area contributed by atoms with E-state index in [1.54, 1.807) is 0 Å². The van der Waals surface area contributed by atoms with Crippen LogP contribution in [0.25, 0.3) is 0 Å². The minimum Gasteiger partial charge on any atom is -0.457 e. The van der Waals surface area contributed by atoms with Crippen molar-refractivity contribution in [3.05, 3.63) is 60.2 Å². The van der Waals surface area contributed by atoms with E-state index in [2.05, 4.69) is 18.7 Å². The molecule has 4 nitrogen and oxygen atoms in total. The molecule has 0 bridgehead atoms. The van der Waals surface area contributed by atoms with Crippen LogP contribution in [0, 0.1) is 0 Å². The van der Waals surface area contributed by atoms with Crippen LogP contribution in [0.5, 0.6) is 11.5 Å². The Labute approximate surface area is 143 Å². The maximum Gasteiger partial charge on any atom is 0.254 e. The van der Waals surface area contributed by atoms with Crippen molar-refractivity contribution in [2.75, 3.05) is 26.2 Å². The largest absolute Gasteiger partial charge is 0.457 e. The van der Waals surface area contributed by atoms with E-state index >= 15 is 0 Å². The monoisotopic (exact) mass is 324 g/mol. The molecule has 3 rings (SSSR count). The van der Waals surface area contributed by atoms with Crippen LogP contribution >= 0.6 is 0 Å². The van der Waals surface area contributed by atoms with Crippen LogP contribution in [0.15, 0.2) is 54.6 Å². The molecule has 0 unspecified atom stereocenters. The second-order valence-corrected chi connectivity index (χ2v) is 6.36. The summed E-state index contributed by atoms with van der Waals surface area (Å²) in [5.41, 5.74) is 0.682. The molecule has 1 aliphatic rings. The smallest absolute Gasteiger partial charge is 0.254 e. The molecule has 126 valence electrons. The first-order valence-corrected chi connectivity index (χ1v) is 8.50. The number of nitrogens with zero attached hydrogens (tertiary/aromatic N) is 2. The van der Waals surface area contributed by atoms with Gasteiger partial charge in [0.2, 0.25) is 0 Å².